The molecule has 0 amide bonds. The van der Waals surface area contributed by atoms with Crippen LogP contribution in [0.15, 0.2) is 29.4 Å². The number of azide groups is 1. The van der Waals surface area contributed by atoms with Crippen LogP contribution in [-0.2, 0) is 9.53 Å². The second kappa shape index (κ2) is 6.58. The molecule has 0 aliphatic rings. The molecule has 0 saturated carbocycles. The fraction of sp³-hybridized carbons (Fsp3) is 0.364. The van der Waals surface area contributed by atoms with E-state index in [0.717, 1.165) is 6.07 Å². The van der Waals surface area contributed by atoms with E-state index in [1.54, 1.807) is 6.92 Å². The van der Waals surface area contributed by atoms with Gasteiger partial charge in [-0.15, -0.1) is 0 Å². The molecule has 6 nitrogen and oxygen atoms in total. The molecule has 0 saturated heterocycles. The molecule has 1 aromatic rings. The molecule has 0 radical (unpaired) electrons. The fourth-order valence-corrected chi connectivity index (χ4v) is 1.42. The Morgan fingerprint density at radius 3 is 2.83 bits per heavy atom. The lowest BCUT2D eigenvalue weighted by molar-refractivity contribution is -0.154. The average molecular weight is 253 g/mol. The first-order valence-corrected chi connectivity index (χ1v) is 5.25. The van der Waals surface area contributed by atoms with Crippen LogP contribution in [0.5, 0.6) is 0 Å². The summed E-state index contributed by atoms with van der Waals surface area (Å²) in [4.78, 5) is 13.9. The highest BCUT2D eigenvalue weighted by atomic mass is 19.1. The summed E-state index contributed by atoms with van der Waals surface area (Å²) in [5, 5.41) is 13.0. The van der Waals surface area contributed by atoms with E-state index in [4.69, 9.17) is 5.53 Å². The maximum absolute atomic E-state index is 13.5. The molecule has 0 aliphatic carbocycles. The maximum atomic E-state index is 13.5. The standard InChI is InChI=1S/C11H12FN3O3/c1-2-18-11(17)10(16)9(14-15-13)7-5-3-4-6-8(7)12/h3-6,9-10,16H,2H2,1H3/t9-,10+/m0/s1. The minimum Gasteiger partial charge on any atom is -0.464 e. The van der Waals surface area contributed by atoms with Crippen LogP contribution in [0, 0.1) is 5.82 Å². The third-order valence-electron chi connectivity index (χ3n) is 2.23. The van der Waals surface area contributed by atoms with Gasteiger partial charge in [-0.1, -0.05) is 23.3 Å². The van der Waals surface area contributed by atoms with Crippen molar-refractivity contribution in [2.75, 3.05) is 6.61 Å². The van der Waals surface area contributed by atoms with Gasteiger partial charge >= 0.3 is 5.97 Å². The zero-order valence-corrected chi connectivity index (χ0v) is 9.65. The van der Waals surface area contributed by atoms with E-state index in [1.165, 1.54) is 18.2 Å². The Morgan fingerprint density at radius 2 is 2.28 bits per heavy atom. The molecular formula is C11H12FN3O3. The Hall–Kier alpha value is -2.11. The van der Waals surface area contributed by atoms with Gasteiger partial charge in [0.25, 0.3) is 0 Å². The number of rotatable bonds is 5. The molecule has 0 bridgehead atoms. The third kappa shape index (κ3) is 3.19. The lowest BCUT2D eigenvalue weighted by Crippen LogP contribution is -2.29. The molecule has 0 unspecified atom stereocenters. The first-order chi connectivity index (χ1) is 8.61. The Balaban J connectivity index is 3.07. The Bertz CT molecular complexity index is 474. The second-order valence-electron chi connectivity index (χ2n) is 3.37. The number of esters is 1. The van der Waals surface area contributed by atoms with E-state index >= 15 is 0 Å². The van der Waals surface area contributed by atoms with Crippen molar-refractivity contribution in [3.05, 3.63) is 46.1 Å². The second-order valence-corrected chi connectivity index (χ2v) is 3.37. The van der Waals surface area contributed by atoms with Crippen molar-refractivity contribution >= 4 is 5.97 Å². The first kappa shape index (κ1) is 14.0. The van der Waals surface area contributed by atoms with E-state index in [1.807, 2.05) is 0 Å². The Labute approximate surface area is 103 Å². The summed E-state index contributed by atoms with van der Waals surface area (Å²) >= 11 is 0. The molecule has 96 valence electrons. The highest BCUT2D eigenvalue weighted by Crippen LogP contribution is 2.25. The average Bonchev–Trinajstić information content (AvgIpc) is 2.36. The van der Waals surface area contributed by atoms with Crippen LogP contribution < -0.4 is 0 Å². The summed E-state index contributed by atoms with van der Waals surface area (Å²) in [5.41, 5.74) is 8.36. The summed E-state index contributed by atoms with van der Waals surface area (Å²) in [7, 11) is 0. The van der Waals surface area contributed by atoms with Gasteiger partial charge in [0.15, 0.2) is 6.10 Å². The lowest BCUT2D eigenvalue weighted by Gasteiger charge is -2.17. The molecule has 0 aliphatic heterocycles. The number of nitrogens with zero attached hydrogens (tertiary/aromatic N) is 3. The van der Waals surface area contributed by atoms with Gasteiger partial charge in [-0.05, 0) is 24.1 Å². The highest BCUT2D eigenvalue weighted by molar-refractivity contribution is 5.75. The van der Waals surface area contributed by atoms with Crippen molar-refractivity contribution in [1.29, 1.82) is 0 Å². The van der Waals surface area contributed by atoms with E-state index in [-0.39, 0.29) is 12.2 Å². The van der Waals surface area contributed by atoms with Gasteiger partial charge in [-0.25, -0.2) is 9.18 Å². The zero-order chi connectivity index (χ0) is 13.5. The van der Waals surface area contributed by atoms with Gasteiger partial charge in [-0.3, -0.25) is 0 Å². The van der Waals surface area contributed by atoms with Gasteiger partial charge in [-0.2, -0.15) is 0 Å². The molecule has 1 aromatic carbocycles. The van der Waals surface area contributed by atoms with Crippen molar-refractivity contribution in [2.24, 2.45) is 5.11 Å². The number of halogens is 1. The number of aliphatic hydroxyl groups excluding tert-OH is 1. The lowest BCUT2D eigenvalue weighted by atomic mass is 10.0. The minimum absolute atomic E-state index is 0.0594. The van der Waals surface area contributed by atoms with Crippen LogP contribution in [0.2, 0.25) is 0 Å². The zero-order valence-electron chi connectivity index (χ0n) is 9.65. The van der Waals surface area contributed by atoms with Crippen LogP contribution >= 0.6 is 0 Å². The maximum Gasteiger partial charge on any atom is 0.335 e. The number of benzene rings is 1. The van der Waals surface area contributed by atoms with Crippen molar-refractivity contribution in [3.63, 3.8) is 0 Å². The summed E-state index contributed by atoms with van der Waals surface area (Å²) < 4.78 is 18.1. The van der Waals surface area contributed by atoms with E-state index in [9.17, 15) is 14.3 Å². The fourth-order valence-electron chi connectivity index (χ4n) is 1.42. The molecule has 1 N–H and O–H groups in total. The van der Waals surface area contributed by atoms with Crippen molar-refractivity contribution in [2.45, 2.75) is 19.1 Å². The number of aliphatic hydroxyl groups is 1. The quantitative estimate of drug-likeness (QED) is 0.376. The monoisotopic (exact) mass is 253 g/mol. The summed E-state index contributed by atoms with van der Waals surface area (Å²) in [6, 6.07) is 4.08. The Morgan fingerprint density at radius 1 is 1.61 bits per heavy atom. The van der Waals surface area contributed by atoms with Crippen LogP contribution in [0.1, 0.15) is 18.5 Å². The molecular weight excluding hydrogens is 241 g/mol. The SMILES string of the molecule is CCOC(=O)[C@H](O)[C@@H](N=[N+]=[N-])c1ccccc1F. The number of ether oxygens (including phenoxy) is 1. The summed E-state index contributed by atoms with van der Waals surface area (Å²) in [6.45, 7) is 1.63. The summed E-state index contributed by atoms with van der Waals surface area (Å²) in [6.07, 6.45) is -1.74. The van der Waals surface area contributed by atoms with Gasteiger partial charge < -0.3 is 9.84 Å². The normalized spacial score (nSPS) is 13.3. The van der Waals surface area contributed by atoms with Gasteiger partial charge in [0, 0.05) is 4.91 Å². The van der Waals surface area contributed by atoms with Gasteiger partial charge in [0.05, 0.1) is 6.61 Å². The van der Waals surface area contributed by atoms with E-state index < -0.39 is 23.9 Å². The van der Waals surface area contributed by atoms with Crippen LogP contribution in [0.4, 0.5) is 4.39 Å². The van der Waals surface area contributed by atoms with Crippen LogP contribution in [0.25, 0.3) is 10.4 Å². The molecule has 18 heavy (non-hydrogen) atoms. The van der Waals surface area contributed by atoms with Gasteiger partial charge in [0.2, 0.25) is 0 Å². The highest BCUT2D eigenvalue weighted by Gasteiger charge is 2.29. The number of carbonyl (C=O) groups is 1. The minimum atomic E-state index is -1.74. The number of hydrogen-bond donors (Lipinski definition) is 1. The van der Waals surface area contributed by atoms with E-state index in [2.05, 4.69) is 14.8 Å². The molecule has 0 fully saturated rings. The van der Waals surface area contributed by atoms with Crippen molar-refractivity contribution in [3.8, 4) is 0 Å². The molecule has 0 aromatic heterocycles. The van der Waals surface area contributed by atoms with Crippen LogP contribution in [-0.4, -0.2) is 23.8 Å². The topological polar surface area (TPSA) is 95.3 Å². The van der Waals surface area contributed by atoms with Crippen molar-refractivity contribution < 1.29 is 19.0 Å². The largest absolute Gasteiger partial charge is 0.464 e. The van der Waals surface area contributed by atoms with Crippen molar-refractivity contribution in [1.82, 2.24) is 0 Å². The Kier molecular flexibility index (Phi) is 5.10. The van der Waals surface area contributed by atoms with Crippen LogP contribution in [0.3, 0.4) is 0 Å². The summed E-state index contributed by atoms with van der Waals surface area (Å²) in [5.74, 6) is -1.63. The molecule has 2 atom stereocenters. The first-order valence-electron chi connectivity index (χ1n) is 5.25. The smallest absolute Gasteiger partial charge is 0.335 e. The number of hydrogen-bond acceptors (Lipinski definition) is 4. The molecule has 0 heterocycles. The van der Waals surface area contributed by atoms with Gasteiger partial charge in [0.1, 0.15) is 11.9 Å². The third-order valence-corrected chi connectivity index (χ3v) is 2.23. The predicted octanol–water partition coefficient (Wildman–Crippen LogP) is 2.10. The van der Waals surface area contributed by atoms with E-state index in [0.29, 0.717) is 0 Å². The number of carbonyl (C=O) groups excluding carboxylic acids is 1. The molecule has 1 rings (SSSR count). The predicted molar refractivity (Wildman–Crippen MR) is 60.9 cm³/mol. The molecule has 0 spiro atoms. The molecule has 7 heteroatoms.